The first-order valence-electron chi connectivity index (χ1n) is 13.2. The van der Waals surface area contributed by atoms with E-state index in [0.29, 0.717) is 55.2 Å². The van der Waals surface area contributed by atoms with Crippen LogP contribution in [-0.2, 0) is 27.0 Å². The molecule has 234 valence electrons. The maximum absolute atomic E-state index is 13.7. The second-order valence-electron chi connectivity index (χ2n) is 9.37. The van der Waals surface area contributed by atoms with Crippen LogP contribution in [0.3, 0.4) is 0 Å². The molecule has 1 aliphatic carbocycles. The number of benzene rings is 1. The van der Waals surface area contributed by atoms with E-state index < -0.39 is 17.9 Å². The zero-order valence-corrected chi connectivity index (χ0v) is 25.2. The Kier molecular flexibility index (Phi) is 13.8. The number of likely N-dealkylation sites (tertiary alicyclic amines) is 1. The second-order valence-corrected chi connectivity index (χ2v) is 10.2. The van der Waals surface area contributed by atoms with Gasteiger partial charge in [0.15, 0.2) is 5.62 Å². The molecule has 0 amide bonds. The first kappa shape index (κ1) is 35.5. The maximum atomic E-state index is 13.7. The predicted molar refractivity (Wildman–Crippen MR) is 160 cm³/mol. The molecule has 1 fully saturated rings. The summed E-state index contributed by atoms with van der Waals surface area (Å²) >= 11 is 0.977. The number of rotatable bonds is 10. The van der Waals surface area contributed by atoms with Gasteiger partial charge in [0.05, 0.1) is 42.9 Å². The number of hydrazone groups is 1. The number of hydrogen-bond acceptors (Lipinski definition) is 7. The fourth-order valence-corrected chi connectivity index (χ4v) is 5.16. The topological polar surface area (TPSA) is 74.6 Å². The van der Waals surface area contributed by atoms with E-state index >= 15 is 0 Å². The van der Waals surface area contributed by atoms with E-state index in [1.54, 1.807) is 19.2 Å². The summed E-state index contributed by atoms with van der Waals surface area (Å²) in [6.45, 7) is 5.68. The average Bonchev–Trinajstić information content (AvgIpc) is 3.48. The molecule has 0 bridgehead atoms. The van der Waals surface area contributed by atoms with Gasteiger partial charge in [0.25, 0.3) is 0 Å². The van der Waals surface area contributed by atoms with Gasteiger partial charge in [0.2, 0.25) is 0 Å². The van der Waals surface area contributed by atoms with Crippen molar-refractivity contribution in [1.82, 2.24) is 9.91 Å². The SMILES string of the molecule is C=CN(Cc1ccc(C(C)F)cc1C(F)(F)F)/N=C1/C=CC(/C=C(\SC=O)C(=NC)N2CCC(C(=O)OC)C2)=CC1.CF. The summed E-state index contributed by atoms with van der Waals surface area (Å²) < 4.78 is 69.0. The first-order chi connectivity index (χ1) is 20.5. The lowest BCUT2D eigenvalue weighted by Crippen LogP contribution is -2.31. The molecule has 0 N–H and O–H groups in total. The molecule has 0 saturated carbocycles. The number of nitrogens with zero attached hydrogens (tertiary/aromatic N) is 4. The largest absolute Gasteiger partial charge is 0.469 e. The van der Waals surface area contributed by atoms with E-state index in [9.17, 15) is 31.5 Å². The van der Waals surface area contributed by atoms with Crippen molar-refractivity contribution in [2.45, 2.75) is 38.7 Å². The number of hydrogen-bond donors (Lipinski definition) is 0. The van der Waals surface area contributed by atoms with Gasteiger partial charge in [-0.1, -0.05) is 42.6 Å². The Hall–Kier alpha value is -3.74. The van der Waals surface area contributed by atoms with Crippen molar-refractivity contribution in [3.8, 4) is 0 Å². The number of thioether (sulfide) groups is 1. The van der Waals surface area contributed by atoms with Crippen molar-refractivity contribution in [2.75, 3.05) is 34.4 Å². The van der Waals surface area contributed by atoms with E-state index in [4.69, 9.17) is 4.74 Å². The van der Waals surface area contributed by atoms with Crippen LogP contribution in [0.5, 0.6) is 0 Å². The average molecular weight is 627 g/mol. The highest BCUT2D eigenvalue weighted by atomic mass is 32.2. The quantitative estimate of drug-likeness (QED) is 0.0707. The van der Waals surface area contributed by atoms with E-state index in [2.05, 4.69) is 16.7 Å². The number of amidine groups is 1. The van der Waals surface area contributed by atoms with E-state index in [0.717, 1.165) is 23.4 Å². The first-order valence-corrected chi connectivity index (χ1v) is 14.1. The summed E-state index contributed by atoms with van der Waals surface area (Å²) in [6, 6.07) is 3.43. The molecule has 0 aromatic heterocycles. The van der Waals surface area contributed by atoms with Gasteiger partial charge in [-0.05, 0) is 48.3 Å². The number of allylic oxidation sites excluding steroid dienone is 5. The molecular weight excluding hydrogens is 591 g/mol. The van der Waals surface area contributed by atoms with Crippen LogP contribution in [0.25, 0.3) is 0 Å². The normalized spacial score (nSPS) is 18.9. The molecule has 0 spiro atoms. The highest BCUT2D eigenvalue weighted by Crippen LogP contribution is 2.35. The van der Waals surface area contributed by atoms with Crippen LogP contribution in [0.1, 0.15) is 42.6 Å². The van der Waals surface area contributed by atoms with Crippen LogP contribution in [-0.4, -0.2) is 67.5 Å². The van der Waals surface area contributed by atoms with Crippen molar-refractivity contribution in [1.29, 1.82) is 0 Å². The van der Waals surface area contributed by atoms with Crippen LogP contribution >= 0.6 is 11.8 Å². The lowest BCUT2D eigenvalue weighted by atomic mass is 10.0. The minimum Gasteiger partial charge on any atom is -0.469 e. The minimum atomic E-state index is -4.65. The molecule has 2 unspecified atom stereocenters. The third kappa shape index (κ3) is 9.91. The number of esters is 1. The highest BCUT2D eigenvalue weighted by Gasteiger charge is 2.34. The van der Waals surface area contributed by atoms with Crippen molar-refractivity contribution < 1.29 is 36.3 Å². The summed E-state index contributed by atoms with van der Waals surface area (Å²) in [5.74, 6) is 0.0431. The fraction of sp³-hybridized carbons (Fsp3) is 0.400. The monoisotopic (exact) mass is 626 g/mol. The Bertz CT molecular complexity index is 1300. The van der Waals surface area contributed by atoms with Gasteiger partial charge < -0.3 is 9.64 Å². The lowest BCUT2D eigenvalue weighted by Gasteiger charge is -2.22. The molecular formula is C30H35F5N4O3S. The van der Waals surface area contributed by atoms with Crippen molar-refractivity contribution >= 4 is 34.9 Å². The summed E-state index contributed by atoms with van der Waals surface area (Å²) in [7, 11) is 3.47. The van der Waals surface area contributed by atoms with Crippen LogP contribution < -0.4 is 0 Å². The van der Waals surface area contributed by atoms with Crippen LogP contribution in [0.15, 0.2) is 75.9 Å². The number of halogens is 5. The van der Waals surface area contributed by atoms with Crippen molar-refractivity contribution in [3.05, 3.63) is 82.5 Å². The summed E-state index contributed by atoms with van der Waals surface area (Å²) in [6.07, 6.45) is 3.35. The zero-order valence-electron chi connectivity index (χ0n) is 24.4. The van der Waals surface area contributed by atoms with Crippen LogP contribution in [0.4, 0.5) is 22.0 Å². The van der Waals surface area contributed by atoms with Crippen molar-refractivity contribution in [3.63, 3.8) is 0 Å². The Labute approximate surface area is 252 Å². The van der Waals surface area contributed by atoms with E-state index in [-0.39, 0.29) is 29.6 Å². The van der Waals surface area contributed by atoms with Gasteiger partial charge in [0, 0.05) is 32.8 Å². The van der Waals surface area contributed by atoms with Gasteiger partial charge in [-0.25, -0.2) is 4.39 Å². The number of ether oxygens (including phenoxy) is 1. The second kappa shape index (κ2) is 16.8. The Morgan fingerprint density at radius 3 is 2.56 bits per heavy atom. The van der Waals surface area contributed by atoms with Gasteiger partial charge in [-0.15, -0.1) is 0 Å². The van der Waals surface area contributed by atoms with Gasteiger partial charge >= 0.3 is 12.1 Å². The van der Waals surface area contributed by atoms with Crippen LogP contribution in [0, 0.1) is 5.92 Å². The summed E-state index contributed by atoms with van der Waals surface area (Å²) in [4.78, 5) is 30.3. The Morgan fingerprint density at radius 1 is 1.30 bits per heavy atom. The van der Waals surface area contributed by atoms with Gasteiger partial charge in [-0.3, -0.25) is 24.0 Å². The highest BCUT2D eigenvalue weighted by molar-refractivity contribution is 8.16. The molecule has 3 rings (SSSR count). The molecule has 7 nitrogen and oxygen atoms in total. The van der Waals surface area contributed by atoms with Crippen molar-refractivity contribution in [2.24, 2.45) is 16.0 Å². The third-order valence-electron chi connectivity index (χ3n) is 6.64. The smallest absolute Gasteiger partial charge is 0.416 e. The molecule has 1 aromatic rings. The Balaban J connectivity index is 0.00000316. The van der Waals surface area contributed by atoms with Gasteiger partial charge in [-0.2, -0.15) is 18.3 Å². The van der Waals surface area contributed by atoms with E-state index in [1.165, 1.54) is 37.4 Å². The summed E-state index contributed by atoms with van der Waals surface area (Å²) in [5.41, 5.74) is 1.07. The minimum absolute atomic E-state index is 0.0464. The molecule has 2 aliphatic rings. The number of methoxy groups -OCH3 is 1. The molecule has 0 radical (unpaired) electrons. The number of carbonyl (C=O) groups excluding carboxylic acids is 2. The number of carbonyl (C=O) groups is 2. The zero-order chi connectivity index (χ0) is 32.2. The molecule has 2 atom stereocenters. The fourth-order valence-electron chi connectivity index (χ4n) is 4.53. The molecule has 1 aliphatic heterocycles. The van der Waals surface area contributed by atoms with Gasteiger partial charge in [0.1, 0.15) is 12.0 Å². The summed E-state index contributed by atoms with van der Waals surface area (Å²) in [5, 5.41) is 5.73. The maximum Gasteiger partial charge on any atom is 0.416 e. The van der Waals surface area contributed by atoms with Crippen LogP contribution in [0.2, 0.25) is 0 Å². The molecule has 43 heavy (non-hydrogen) atoms. The predicted octanol–water partition coefficient (Wildman–Crippen LogP) is 6.84. The molecule has 13 heteroatoms. The lowest BCUT2D eigenvalue weighted by molar-refractivity contribution is -0.144. The number of aliphatic imine (C=N–C) groups is 1. The molecule has 1 heterocycles. The number of alkyl halides is 5. The molecule has 1 saturated heterocycles. The Morgan fingerprint density at radius 2 is 2.02 bits per heavy atom. The third-order valence-corrected chi connectivity index (χ3v) is 7.29. The van der Waals surface area contributed by atoms with E-state index in [1.807, 2.05) is 17.1 Å². The molecule has 1 aromatic carbocycles. The standard InChI is InChI=1S/C29H32F4N4O3S.CH3F/c1-5-37(17-22-9-8-21(19(2)30)15-25(22)29(31,32)33)35-24-10-6-20(7-11-24)14-26(41-18-38)27(34-3)36-13-12-23(16-36)28(39)40-4;1-2/h5-10,14-15,18-19,23H,1,11-13,16-17H2,2-4H3;1H3/b26-14-,34-27?,35-24-;.